The zero-order valence-electron chi connectivity index (χ0n) is 9.73. The van der Waals surface area contributed by atoms with Crippen LogP contribution in [0.5, 0.6) is 0 Å². The quantitative estimate of drug-likeness (QED) is 0.430. The van der Waals surface area contributed by atoms with E-state index in [1.165, 1.54) is 0 Å². The molecule has 1 aromatic rings. The Morgan fingerprint density at radius 1 is 1.44 bits per heavy atom. The molecule has 1 rings (SSSR count). The Labute approximate surface area is 95.9 Å². The summed E-state index contributed by atoms with van der Waals surface area (Å²) < 4.78 is 4.94. The summed E-state index contributed by atoms with van der Waals surface area (Å²) in [5.41, 5.74) is 0.984. The van der Waals surface area contributed by atoms with E-state index in [4.69, 9.17) is 4.74 Å². The molecule has 1 heterocycles. The average Bonchev–Trinajstić information content (AvgIpc) is 2.35. The molecule has 0 saturated heterocycles. The molecular weight excluding hydrogens is 204 g/mol. The first-order chi connectivity index (χ1) is 7.86. The maximum atomic E-state index is 4.94. The van der Waals surface area contributed by atoms with Gasteiger partial charge in [0.15, 0.2) is 5.96 Å². The third kappa shape index (κ3) is 4.75. The number of aromatic nitrogens is 1. The molecule has 2 N–H and O–H groups in total. The zero-order chi connectivity index (χ0) is 11.6. The van der Waals surface area contributed by atoms with Crippen molar-refractivity contribution in [1.82, 2.24) is 15.6 Å². The molecule has 0 fully saturated rings. The highest BCUT2D eigenvalue weighted by molar-refractivity contribution is 5.79. The number of aliphatic imine (C=N–C) groups is 1. The average molecular weight is 222 g/mol. The minimum atomic E-state index is 0.657. The number of rotatable bonds is 5. The Kier molecular flexibility index (Phi) is 5.95. The second-order valence-electron chi connectivity index (χ2n) is 3.17. The van der Waals surface area contributed by atoms with Crippen LogP contribution in [-0.2, 0) is 11.3 Å². The van der Waals surface area contributed by atoms with Gasteiger partial charge in [-0.05, 0) is 12.1 Å². The lowest BCUT2D eigenvalue weighted by Crippen LogP contribution is -2.38. The monoisotopic (exact) mass is 222 g/mol. The first-order valence-electron chi connectivity index (χ1n) is 5.20. The number of ether oxygens (including phenoxy) is 1. The van der Waals surface area contributed by atoms with Gasteiger partial charge in [-0.15, -0.1) is 0 Å². The third-order valence-corrected chi connectivity index (χ3v) is 1.99. The van der Waals surface area contributed by atoms with Crippen molar-refractivity contribution in [2.24, 2.45) is 4.99 Å². The minimum Gasteiger partial charge on any atom is -0.383 e. The minimum absolute atomic E-state index is 0.657. The molecule has 0 aromatic carbocycles. The van der Waals surface area contributed by atoms with E-state index >= 15 is 0 Å². The van der Waals surface area contributed by atoms with Crippen molar-refractivity contribution in [3.8, 4) is 0 Å². The Bertz CT molecular complexity index is 313. The third-order valence-electron chi connectivity index (χ3n) is 1.99. The molecule has 0 atom stereocenters. The van der Waals surface area contributed by atoms with E-state index in [1.807, 2.05) is 18.2 Å². The predicted octanol–water partition coefficient (Wildman–Crippen LogP) is 0.393. The Morgan fingerprint density at radius 2 is 2.31 bits per heavy atom. The molecule has 1 aromatic heterocycles. The normalized spacial score (nSPS) is 11.2. The fourth-order valence-electron chi connectivity index (χ4n) is 1.17. The number of hydrogen-bond donors (Lipinski definition) is 2. The SMILES string of the molecule is CN=C(NCCOC)NCc1ccccn1. The van der Waals surface area contributed by atoms with Crippen molar-refractivity contribution in [2.45, 2.75) is 6.54 Å². The fraction of sp³-hybridized carbons (Fsp3) is 0.455. The van der Waals surface area contributed by atoms with Crippen LogP contribution < -0.4 is 10.6 Å². The summed E-state index contributed by atoms with van der Waals surface area (Å²) in [4.78, 5) is 8.30. The summed E-state index contributed by atoms with van der Waals surface area (Å²) in [6.07, 6.45) is 1.78. The zero-order valence-corrected chi connectivity index (χ0v) is 9.73. The smallest absolute Gasteiger partial charge is 0.191 e. The van der Waals surface area contributed by atoms with Gasteiger partial charge in [-0.1, -0.05) is 6.07 Å². The van der Waals surface area contributed by atoms with Crippen molar-refractivity contribution in [1.29, 1.82) is 0 Å². The van der Waals surface area contributed by atoms with E-state index in [-0.39, 0.29) is 0 Å². The lowest BCUT2D eigenvalue weighted by atomic mass is 10.3. The molecular formula is C11H18N4O. The molecule has 0 spiro atoms. The van der Waals surface area contributed by atoms with E-state index < -0.39 is 0 Å². The van der Waals surface area contributed by atoms with Crippen LogP contribution in [0.3, 0.4) is 0 Å². The van der Waals surface area contributed by atoms with Crippen molar-refractivity contribution in [2.75, 3.05) is 27.3 Å². The van der Waals surface area contributed by atoms with Crippen molar-refractivity contribution >= 4 is 5.96 Å². The number of guanidine groups is 1. The van der Waals surface area contributed by atoms with Gasteiger partial charge in [-0.3, -0.25) is 9.98 Å². The Balaban J connectivity index is 2.29. The second-order valence-corrected chi connectivity index (χ2v) is 3.17. The maximum absolute atomic E-state index is 4.94. The molecule has 0 saturated carbocycles. The number of nitrogens with one attached hydrogen (secondary N) is 2. The maximum Gasteiger partial charge on any atom is 0.191 e. The summed E-state index contributed by atoms with van der Waals surface area (Å²) >= 11 is 0. The van der Waals surface area contributed by atoms with E-state index in [1.54, 1.807) is 20.4 Å². The van der Waals surface area contributed by atoms with Crippen LogP contribution in [0.4, 0.5) is 0 Å². The number of nitrogens with zero attached hydrogens (tertiary/aromatic N) is 2. The molecule has 0 radical (unpaired) electrons. The molecule has 0 aliphatic heterocycles. The second kappa shape index (κ2) is 7.64. The highest BCUT2D eigenvalue weighted by Gasteiger charge is 1.97. The van der Waals surface area contributed by atoms with Crippen LogP contribution in [0.2, 0.25) is 0 Å². The Hall–Kier alpha value is -1.62. The first kappa shape index (κ1) is 12.4. The van der Waals surface area contributed by atoms with Crippen LogP contribution in [0.15, 0.2) is 29.4 Å². The summed E-state index contributed by atoms with van der Waals surface area (Å²) in [6.45, 7) is 2.05. The lowest BCUT2D eigenvalue weighted by Gasteiger charge is -2.10. The summed E-state index contributed by atoms with van der Waals surface area (Å²) in [6, 6.07) is 5.83. The highest BCUT2D eigenvalue weighted by Crippen LogP contribution is 1.91. The molecule has 0 amide bonds. The molecule has 0 aliphatic rings. The van der Waals surface area contributed by atoms with Crippen molar-refractivity contribution in [3.63, 3.8) is 0 Å². The molecule has 88 valence electrons. The van der Waals surface area contributed by atoms with Crippen molar-refractivity contribution < 1.29 is 4.74 Å². The van der Waals surface area contributed by atoms with Crippen LogP contribution in [-0.4, -0.2) is 38.3 Å². The summed E-state index contributed by atoms with van der Waals surface area (Å²) in [5, 5.41) is 6.29. The van der Waals surface area contributed by atoms with Gasteiger partial charge < -0.3 is 15.4 Å². The molecule has 5 nitrogen and oxygen atoms in total. The largest absolute Gasteiger partial charge is 0.383 e. The Morgan fingerprint density at radius 3 is 2.94 bits per heavy atom. The molecule has 0 aliphatic carbocycles. The molecule has 16 heavy (non-hydrogen) atoms. The number of methoxy groups -OCH3 is 1. The van der Waals surface area contributed by atoms with Crippen molar-refractivity contribution in [3.05, 3.63) is 30.1 Å². The van der Waals surface area contributed by atoms with Gasteiger partial charge in [0.2, 0.25) is 0 Å². The van der Waals surface area contributed by atoms with Crippen LogP contribution in [0, 0.1) is 0 Å². The number of hydrogen-bond acceptors (Lipinski definition) is 3. The van der Waals surface area contributed by atoms with Gasteiger partial charge >= 0.3 is 0 Å². The van der Waals surface area contributed by atoms with Gasteiger partial charge in [0.05, 0.1) is 18.8 Å². The topological polar surface area (TPSA) is 58.5 Å². The van der Waals surface area contributed by atoms with Gasteiger partial charge in [-0.25, -0.2) is 0 Å². The van der Waals surface area contributed by atoms with Gasteiger partial charge in [0.25, 0.3) is 0 Å². The lowest BCUT2D eigenvalue weighted by molar-refractivity contribution is 0.203. The first-order valence-corrected chi connectivity index (χ1v) is 5.20. The van der Waals surface area contributed by atoms with Gasteiger partial charge in [-0.2, -0.15) is 0 Å². The summed E-state index contributed by atoms with van der Waals surface area (Å²) in [5.74, 6) is 0.753. The van der Waals surface area contributed by atoms with E-state index in [0.717, 1.165) is 18.2 Å². The highest BCUT2D eigenvalue weighted by atomic mass is 16.5. The number of pyridine rings is 1. The standard InChI is InChI=1S/C11H18N4O/c1-12-11(14-7-8-16-2)15-9-10-5-3-4-6-13-10/h3-6H,7-9H2,1-2H3,(H2,12,14,15). The van der Waals surface area contributed by atoms with E-state index in [9.17, 15) is 0 Å². The van der Waals surface area contributed by atoms with E-state index in [2.05, 4.69) is 20.6 Å². The van der Waals surface area contributed by atoms with Gasteiger partial charge in [0.1, 0.15) is 0 Å². The molecule has 0 bridgehead atoms. The molecule has 0 unspecified atom stereocenters. The van der Waals surface area contributed by atoms with E-state index in [0.29, 0.717) is 13.2 Å². The van der Waals surface area contributed by atoms with Crippen LogP contribution in [0.25, 0.3) is 0 Å². The summed E-state index contributed by atoms with van der Waals surface area (Å²) in [7, 11) is 3.41. The van der Waals surface area contributed by atoms with Gasteiger partial charge in [0, 0.05) is 26.9 Å². The predicted molar refractivity (Wildman–Crippen MR) is 64.3 cm³/mol. The van der Waals surface area contributed by atoms with Crippen LogP contribution in [0.1, 0.15) is 5.69 Å². The van der Waals surface area contributed by atoms with Crippen LogP contribution >= 0.6 is 0 Å². The molecule has 5 heteroatoms. The fourth-order valence-corrected chi connectivity index (χ4v) is 1.17.